The highest BCUT2D eigenvalue weighted by Crippen LogP contribution is 2.38. The van der Waals surface area contributed by atoms with Crippen molar-refractivity contribution >= 4 is 32.8 Å². The van der Waals surface area contributed by atoms with Gasteiger partial charge < -0.3 is 4.74 Å². The zero-order valence-electron chi connectivity index (χ0n) is 11.5. The van der Waals surface area contributed by atoms with Gasteiger partial charge in [-0.05, 0) is 42.6 Å². The van der Waals surface area contributed by atoms with Gasteiger partial charge in [0.15, 0.2) is 0 Å². The van der Waals surface area contributed by atoms with E-state index in [1.165, 1.54) is 0 Å². The molecule has 2 aromatic rings. The van der Waals surface area contributed by atoms with E-state index in [-0.39, 0.29) is 0 Å². The third kappa shape index (κ3) is 2.67. The number of hydrogen-bond donors (Lipinski definition) is 0. The molecule has 20 heavy (non-hydrogen) atoms. The molecule has 6 heteroatoms. The summed E-state index contributed by atoms with van der Waals surface area (Å²) < 4.78 is 8.63. The van der Waals surface area contributed by atoms with E-state index in [1.807, 2.05) is 17.8 Å². The van der Waals surface area contributed by atoms with Crippen LogP contribution in [0.2, 0.25) is 0 Å². The van der Waals surface area contributed by atoms with E-state index in [9.17, 15) is 0 Å². The van der Waals surface area contributed by atoms with Gasteiger partial charge in [-0.25, -0.2) is 4.98 Å². The molecule has 4 nitrogen and oxygen atoms in total. The average Bonchev–Trinajstić information content (AvgIpc) is 3.02. The molecule has 0 aromatic carbocycles. The number of thiazole rings is 1. The van der Waals surface area contributed by atoms with Crippen molar-refractivity contribution in [1.82, 2.24) is 14.8 Å². The van der Waals surface area contributed by atoms with E-state index in [1.54, 1.807) is 11.3 Å². The highest BCUT2D eigenvalue weighted by molar-refractivity contribution is 9.10. The molecule has 0 unspecified atom stereocenters. The third-order valence-electron chi connectivity index (χ3n) is 3.15. The minimum Gasteiger partial charge on any atom is -0.473 e. The summed E-state index contributed by atoms with van der Waals surface area (Å²) in [5.41, 5.74) is 1.88. The normalized spacial score (nSPS) is 14.6. The van der Waals surface area contributed by atoms with Gasteiger partial charge in [0, 0.05) is 18.3 Å². The highest BCUT2D eigenvalue weighted by Gasteiger charge is 2.27. The quantitative estimate of drug-likeness (QED) is 0.814. The van der Waals surface area contributed by atoms with E-state index in [0.717, 1.165) is 45.0 Å². The van der Waals surface area contributed by atoms with Crippen LogP contribution in [0.25, 0.3) is 5.57 Å². The van der Waals surface area contributed by atoms with Gasteiger partial charge in [-0.15, -0.1) is 16.4 Å². The first-order valence-corrected chi connectivity index (χ1v) is 8.26. The van der Waals surface area contributed by atoms with Crippen molar-refractivity contribution in [3.8, 4) is 5.88 Å². The van der Waals surface area contributed by atoms with Crippen LogP contribution >= 0.6 is 27.3 Å². The Hall–Kier alpha value is -1.14. The lowest BCUT2D eigenvalue weighted by molar-refractivity contribution is 0.286. The van der Waals surface area contributed by atoms with E-state index in [0.29, 0.717) is 12.0 Å². The first-order chi connectivity index (χ1) is 9.58. The monoisotopic (exact) mass is 353 g/mol. The molecule has 2 heterocycles. The fourth-order valence-electron chi connectivity index (χ4n) is 1.91. The lowest BCUT2D eigenvalue weighted by atomic mass is 10.1. The molecule has 3 rings (SSSR count). The molecule has 0 radical (unpaired) electrons. The van der Waals surface area contributed by atoms with Crippen LogP contribution in [0.5, 0.6) is 5.88 Å². The number of rotatable bonds is 5. The number of ether oxygens (including phenoxy) is 1. The van der Waals surface area contributed by atoms with E-state index in [2.05, 4.69) is 39.5 Å². The Labute approximate surface area is 130 Å². The molecule has 0 N–H and O–H groups in total. The predicted molar refractivity (Wildman–Crippen MR) is 84.2 cm³/mol. The molecular weight excluding hydrogens is 338 g/mol. The predicted octanol–water partition coefficient (Wildman–Crippen LogP) is 4.03. The number of halogens is 1. The van der Waals surface area contributed by atoms with Gasteiger partial charge in [-0.1, -0.05) is 6.58 Å². The zero-order chi connectivity index (χ0) is 14.3. The molecule has 0 bridgehead atoms. The maximum Gasteiger partial charge on any atom is 0.241 e. The van der Waals surface area contributed by atoms with Gasteiger partial charge >= 0.3 is 0 Å². The third-order valence-corrected chi connectivity index (χ3v) is 5.01. The number of hydrogen-bond acceptors (Lipinski definition) is 4. The Morgan fingerprint density at radius 3 is 2.90 bits per heavy atom. The van der Waals surface area contributed by atoms with Crippen molar-refractivity contribution in [1.29, 1.82) is 0 Å². The van der Waals surface area contributed by atoms with Gasteiger partial charge in [-0.3, -0.25) is 4.68 Å². The van der Waals surface area contributed by atoms with Crippen molar-refractivity contribution in [2.24, 2.45) is 0 Å². The van der Waals surface area contributed by atoms with Crippen LogP contribution < -0.4 is 4.74 Å². The molecule has 1 saturated carbocycles. The van der Waals surface area contributed by atoms with Crippen LogP contribution in [0.3, 0.4) is 0 Å². The second-order valence-corrected chi connectivity index (χ2v) is 6.81. The largest absolute Gasteiger partial charge is 0.473 e. The number of aryl methyl sites for hydroxylation is 2. The Balaban J connectivity index is 1.96. The van der Waals surface area contributed by atoms with Gasteiger partial charge in [0.2, 0.25) is 5.88 Å². The van der Waals surface area contributed by atoms with Crippen LogP contribution in [0, 0.1) is 6.92 Å². The van der Waals surface area contributed by atoms with Gasteiger partial charge in [0.1, 0.15) is 10.7 Å². The maximum absolute atomic E-state index is 5.90. The SMILES string of the molecule is C=C(c1cn(CC)nc1OC1CC1)c1sc(C)nc1Br. The van der Waals surface area contributed by atoms with Gasteiger partial charge in [-0.2, -0.15) is 0 Å². The summed E-state index contributed by atoms with van der Waals surface area (Å²) in [6.45, 7) is 9.08. The van der Waals surface area contributed by atoms with Crippen LogP contribution in [-0.2, 0) is 6.54 Å². The fourth-order valence-corrected chi connectivity index (χ4v) is 3.57. The Bertz CT molecular complexity index is 657. The lowest BCUT2D eigenvalue weighted by Crippen LogP contribution is -2.00. The van der Waals surface area contributed by atoms with Crippen molar-refractivity contribution < 1.29 is 4.74 Å². The van der Waals surface area contributed by atoms with Crippen molar-refractivity contribution in [3.05, 3.63) is 32.8 Å². The molecule has 1 fully saturated rings. The van der Waals surface area contributed by atoms with Gasteiger partial charge in [0.05, 0.1) is 15.4 Å². The molecule has 0 amide bonds. The van der Waals surface area contributed by atoms with Crippen LogP contribution in [0.1, 0.15) is 35.2 Å². The Morgan fingerprint density at radius 1 is 1.60 bits per heavy atom. The second-order valence-electron chi connectivity index (χ2n) is 4.85. The lowest BCUT2D eigenvalue weighted by Gasteiger charge is -2.05. The zero-order valence-corrected chi connectivity index (χ0v) is 13.9. The summed E-state index contributed by atoms with van der Waals surface area (Å²) in [5.74, 6) is 0.692. The number of nitrogens with zero attached hydrogens (tertiary/aromatic N) is 3. The summed E-state index contributed by atoms with van der Waals surface area (Å²) >= 11 is 5.12. The average molecular weight is 354 g/mol. The molecule has 1 aliphatic rings. The Kier molecular flexibility index (Phi) is 3.69. The number of aromatic nitrogens is 3. The van der Waals surface area contributed by atoms with Gasteiger partial charge in [0.25, 0.3) is 0 Å². The van der Waals surface area contributed by atoms with Crippen LogP contribution in [-0.4, -0.2) is 20.9 Å². The summed E-state index contributed by atoms with van der Waals surface area (Å²) in [7, 11) is 0. The molecule has 0 atom stereocenters. The smallest absolute Gasteiger partial charge is 0.241 e. The Morgan fingerprint density at radius 2 is 2.35 bits per heavy atom. The molecule has 2 aromatic heterocycles. The molecule has 0 aliphatic heterocycles. The van der Waals surface area contributed by atoms with Crippen molar-refractivity contribution in [2.75, 3.05) is 0 Å². The minimum atomic E-state index is 0.327. The maximum atomic E-state index is 5.90. The molecule has 0 saturated heterocycles. The molecule has 1 aliphatic carbocycles. The fraction of sp³-hybridized carbons (Fsp3) is 0.429. The molecule has 106 valence electrons. The minimum absolute atomic E-state index is 0.327. The summed E-state index contributed by atoms with van der Waals surface area (Å²) in [4.78, 5) is 5.43. The standard InChI is InChI=1S/C14H16BrN3OS/c1-4-18-7-11(14(17-18)19-10-5-6-10)8(2)12-13(15)16-9(3)20-12/h7,10H,2,4-6H2,1,3H3. The van der Waals surface area contributed by atoms with E-state index in [4.69, 9.17) is 4.74 Å². The molecular formula is C14H16BrN3OS. The highest BCUT2D eigenvalue weighted by atomic mass is 79.9. The summed E-state index contributed by atoms with van der Waals surface area (Å²) in [5, 5.41) is 5.51. The topological polar surface area (TPSA) is 39.9 Å². The van der Waals surface area contributed by atoms with Crippen LogP contribution in [0.4, 0.5) is 0 Å². The molecule has 0 spiro atoms. The van der Waals surface area contributed by atoms with E-state index >= 15 is 0 Å². The second kappa shape index (κ2) is 5.33. The van der Waals surface area contributed by atoms with Crippen molar-refractivity contribution in [2.45, 2.75) is 39.3 Å². The summed E-state index contributed by atoms with van der Waals surface area (Å²) in [6.07, 6.45) is 4.57. The van der Waals surface area contributed by atoms with Crippen molar-refractivity contribution in [3.63, 3.8) is 0 Å². The first kappa shape index (κ1) is 13.8. The van der Waals surface area contributed by atoms with E-state index < -0.39 is 0 Å². The summed E-state index contributed by atoms with van der Waals surface area (Å²) in [6, 6.07) is 0. The van der Waals surface area contributed by atoms with Crippen LogP contribution in [0.15, 0.2) is 17.4 Å². The first-order valence-electron chi connectivity index (χ1n) is 6.65.